The predicted octanol–water partition coefficient (Wildman–Crippen LogP) is 2.12. The number of benzene rings is 1. The van der Waals surface area contributed by atoms with Gasteiger partial charge in [0.25, 0.3) is 0 Å². The molecule has 1 fully saturated rings. The first-order valence-electron chi connectivity index (χ1n) is 8.24. The quantitative estimate of drug-likeness (QED) is 0.894. The maximum Gasteiger partial charge on any atom is 0.166 e. The molecule has 0 atom stereocenters. The highest BCUT2D eigenvalue weighted by Gasteiger charge is 2.36. The van der Waals surface area contributed by atoms with Crippen molar-refractivity contribution in [2.45, 2.75) is 44.0 Å². The summed E-state index contributed by atoms with van der Waals surface area (Å²) in [6.45, 7) is 2.13. The summed E-state index contributed by atoms with van der Waals surface area (Å²) >= 11 is 0. The number of aromatic nitrogens is 3. The van der Waals surface area contributed by atoms with Gasteiger partial charge in [0.05, 0.1) is 17.0 Å². The van der Waals surface area contributed by atoms with E-state index in [2.05, 4.69) is 17.0 Å². The molecule has 0 amide bonds. The maximum atomic E-state index is 12.5. The number of para-hydroxylation sites is 1. The molecule has 1 N–H and O–H groups in total. The number of aliphatic hydroxyl groups is 1. The first kappa shape index (κ1) is 17.1. The zero-order chi connectivity index (χ0) is 17.2. The van der Waals surface area contributed by atoms with Gasteiger partial charge in [-0.1, -0.05) is 25.1 Å². The highest BCUT2D eigenvalue weighted by Crippen LogP contribution is 2.33. The lowest BCUT2D eigenvalue weighted by Crippen LogP contribution is -2.40. The number of rotatable bonds is 5. The largest absolute Gasteiger partial charge is 0.389 e. The van der Waals surface area contributed by atoms with Crippen molar-refractivity contribution in [2.75, 3.05) is 5.75 Å². The van der Waals surface area contributed by atoms with Crippen LogP contribution in [0.4, 0.5) is 0 Å². The lowest BCUT2D eigenvalue weighted by molar-refractivity contribution is 0.0135. The third kappa shape index (κ3) is 4.21. The fraction of sp³-hybridized carbons (Fsp3) is 0.529. The molecule has 24 heavy (non-hydrogen) atoms. The van der Waals surface area contributed by atoms with Gasteiger partial charge in [-0.2, -0.15) is 5.10 Å². The molecule has 1 saturated carbocycles. The molecule has 1 aliphatic carbocycles. The Balaban J connectivity index is 1.68. The number of sulfone groups is 1. The molecular weight excluding hydrogens is 326 g/mol. The van der Waals surface area contributed by atoms with E-state index in [1.54, 1.807) is 4.68 Å². The molecule has 1 heterocycles. The van der Waals surface area contributed by atoms with Crippen molar-refractivity contribution in [1.82, 2.24) is 14.8 Å². The van der Waals surface area contributed by atoms with E-state index in [4.69, 9.17) is 0 Å². The average molecular weight is 349 g/mol. The predicted molar refractivity (Wildman–Crippen MR) is 91.4 cm³/mol. The molecule has 0 unspecified atom stereocenters. The zero-order valence-electron chi connectivity index (χ0n) is 13.8. The van der Waals surface area contributed by atoms with Crippen LogP contribution < -0.4 is 0 Å². The van der Waals surface area contributed by atoms with Crippen molar-refractivity contribution >= 4 is 9.84 Å². The minimum Gasteiger partial charge on any atom is -0.389 e. The third-order valence-electron chi connectivity index (χ3n) is 4.60. The summed E-state index contributed by atoms with van der Waals surface area (Å²) in [5.41, 5.74) is -0.276. The summed E-state index contributed by atoms with van der Waals surface area (Å²) in [7, 11) is -3.47. The lowest BCUT2D eigenvalue weighted by Gasteiger charge is -2.34. The Kier molecular flexibility index (Phi) is 4.73. The second-order valence-electron chi connectivity index (χ2n) is 6.88. The maximum absolute atomic E-state index is 12.5. The second-order valence-corrected chi connectivity index (χ2v) is 8.94. The zero-order valence-corrected chi connectivity index (χ0v) is 14.6. The van der Waals surface area contributed by atoms with E-state index >= 15 is 0 Å². The fourth-order valence-electron chi connectivity index (χ4n) is 3.17. The summed E-state index contributed by atoms with van der Waals surface area (Å²) in [5.74, 6) is 0.347. The molecule has 6 nitrogen and oxygen atoms in total. The van der Waals surface area contributed by atoms with Crippen LogP contribution in [0.1, 0.15) is 38.4 Å². The highest BCUT2D eigenvalue weighted by atomic mass is 32.2. The van der Waals surface area contributed by atoms with Crippen LogP contribution in [0, 0.1) is 5.92 Å². The van der Waals surface area contributed by atoms with Crippen molar-refractivity contribution in [2.24, 2.45) is 5.92 Å². The molecule has 1 aromatic heterocycles. The molecule has 130 valence electrons. The van der Waals surface area contributed by atoms with Crippen LogP contribution in [-0.4, -0.2) is 39.6 Å². The van der Waals surface area contributed by atoms with E-state index in [9.17, 15) is 13.5 Å². The van der Waals surface area contributed by atoms with Gasteiger partial charge >= 0.3 is 0 Å². The topological polar surface area (TPSA) is 85.1 Å². The average Bonchev–Trinajstić information content (AvgIpc) is 2.98. The van der Waals surface area contributed by atoms with Crippen molar-refractivity contribution in [1.29, 1.82) is 0 Å². The van der Waals surface area contributed by atoms with Crippen LogP contribution in [0.15, 0.2) is 36.7 Å². The van der Waals surface area contributed by atoms with Gasteiger partial charge in [-0.3, -0.25) is 0 Å². The highest BCUT2D eigenvalue weighted by molar-refractivity contribution is 7.90. The van der Waals surface area contributed by atoms with Crippen LogP contribution in [0.2, 0.25) is 0 Å². The molecule has 1 aromatic carbocycles. The first-order chi connectivity index (χ1) is 11.4. The fourth-order valence-corrected chi connectivity index (χ4v) is 4.90. The summed E-state index contributed by atoms with van der Waals surface area (Å²) in [5, 5.41) is 14.8. The molecule has 3 rings (SSSR count). The van der Waals surface area contributed by atoms with Gasteiger partial charge in [0.15, 0.2) is 15.7 Å². The van der Waals surface area contributed by atoms with Gasteiger partial charge in [-0.15, -0.1) is 0 Å². The second kappa shape index (κ2) is 6.64. The molecule has 0 aliphatic heterocycles. The molecule has 0 spiro atoms. The van der Waals surface area contributed by atoms with Crippen LogP contribution in [0.5, 0.6) is 0 Å². The SMILES string of the molecule is CC1CCC(O)(CS(=O)(=O)Cc2ncn(-c3ccccc3)n2)CC1. The van der Waals surface area contributed by atoms with Crippen molar-refractivity contribution in [3.8, 4) is 5.69 Å². The monoisotopic (exact) mass is 349 g/mol. The molecule has 7 heteroatoms. The first-order valence-corrected chi connectivity index (χ1v) is 10.1. The Morgan fingerprint density at radius 2 is 1.92 bits per heavy atom. The number of hydrogen-bond acceptors (Lipinski definition) is 5. The van der Waals surface area contributed by atoms with Crippen LogP contribution in [0.3, 0.4) is 0 Å². The molecule has 0 bridgehead atoms. The standard InChI is InChI=1S/C17H23N3O3S/c1-14-7-9-17(21,10-8-14)12-24(22,23)11-16-18-13-20(19-16)15-5-3-2-4-6-15/h2-6,13-14,21H,7-12H2,1H3. The van der Waals surface area contributed by atoms with Gasteiger partial charge in [-0.05, 0) is 43.7 Å². The third-order valence-corrected chi connectivity index (χ3v) is 6.28. The number of hydrogen-bond donors (Lipinski definition) is 1. The van der Waals surface area contributed by atoms with Gasteiger partial charge < -0.3 is 5.11 Å². The summed E-state index contributed by atoms with van der Waals surface area (Å²) < 4.78 is 26.5. The van der Waals surface area contributed by atoms with E-state index in [-0.39, 0.29) is 17.3 Å². The Hall–Kier alpha value is -1.73. The van der Waals surface area contributed by atoms with Crippen molar-refractivity contribution in [3.05, 3.63) is 42.5 Å². The molecule has 1 aliphatic rings. The normalized spacial score (nSPS) is 24.8. The summed E-state index contributed by atoms with van der Waals surface area (Å²) in [4.78, 5) is 4.10. The Bertz CT molecular complexity index is 778. The van der Waals surface area contributed by atoms with Gasteiger partial charge in [0.1, 0.15) is 12.1 Å². The Morgan fingerprint density at radius 3 is 2.58 bits per heavy atom. The van der Waals surface area contributed by atoms with Gasteiger partial charge in [0, 0.05) is 0 Å². The van der Waals surface area contributed by atoms with E-state index in [0.717, 1.165) is 18.5 Å². The molecule has 0 saturated heterocycles. The van der Waals surface area contributed by atoms with E-state index < -0.39 is 15.4 Å². The van der Waals surface area contributed by atoms with E-state index in [1.165, 1.54) is 6.33 Å². The molecular formula is C17H23N3O3S. The minimum absolute atomic E-state index is 0.216. The van der Waals surface area contributed by atoms with Crippen LogP contribution in [0.25, 0.3) is 5.69 Å². The van der Waals surface area contributed by atoms with Crippen molar-refractivity contribution in [3.63, 3.8) is 0 Å². The lowest BCUT2D eigenvalue weighted by atomic mass is 9.81. The summed E-state index contributed by atoms with van der Waals surface area (Å²) in [6, 6.07) is 9.41. The summed E-state index contributed by atoms with van der Waals surface area (Å²) in [6.07, 6.45) is 4.33. The van der Waals surface area contributed by atoms with Gasteiger partial charge in [0.2, 0.25) is 0 Å². The van der Waals surface area contributed by atoms with E-state index in [1.807, 2.05) is 30.3 Å². The van der Waals surface area contributed by atoms with Crippen LogP contribution in [-0.2, 0) is 15.6 Å². The molecule has 2 aromatic rings. The smallest absolute Gasteiger partial charge is 0.166 e. The Morgan fingerprint density at radius 1 is 1.25 bits per heavy atom. The minimum atomic E-state index is -3.47. The number of nitrogens with zero attached hydrogens (tertiary/aromatic N) is 3. The molecule has 0 radical (unpaired) electrons. The van der Waals surface area contributed by atoms with Crippen molar-refractivity contribution < 1.29 is 13.5 Å². The van der Waals surface area contributed by atoms with Crippen LogP contribution >= 0.6 is 0 Å². The Labute approximate surface area is 142 Å². The van der Waals surface area contributed by atoms with E-state index in [0.29, 0.717) is 18.8 Å². The van der Waals surface area contributed by atoms with Gasteiger partial charge in [-0.25, -0.2) is 18.1 Å².